The van der Waals surface area contributed by atoms with E-state index in [1.54, 1.807) is 0 Å². The van der Waals surface area contributed by atoms with E-state index in [-0.39, 0.29) is 11.9 Å². The van der Waals surface area contributed by atoms with Crippen LogP contribution in [0.2, 0.25) is 5.02 Å². The Balaban J connectivity index is 1.60. The average Bonchev–Trinajstić information content (AvgIpc) is 3.07. The Hall–Kier alpha value is -1.14. The van der Waals surface area contributed by atoms with Gasteiger partial charge in [0.15, 0.2) is 0 Å². The molecule has 0 bridgehead atoms. The Morgan fingerprint density at radius 2 is 1.85 bits per heavy atom. The van der Waals surface area contributed by atoms with Gasteiger partial charge in [0.2, 0.25) is 5.91 Å². The third-order valence-electron chi connectivity index (χ3n) is 5.86. The van der Waals surface area contributed by atoms with Crippen LogP contribution in [0.1, 0.15) is 38.7 Å². The predicted octanol–water partition coefficient (Wildman–Crippen LogP) is 2.49. The maximum absolute atomic E-state index is 12.6. The van der Waals surface area contributed by atoms with Gasteiger partial charge in [-0.1, -0.05) is 30.7 Å². The van der Waals surface area contributed by atoms with E-state index in [9.17, 15) is 4.79 Å². The largest absolute Gasteiger partial charge is 0.355 e. The highest BCUT2D eigenvalue weighted by atomic mass is 35.5. The minimum absolute atomic E-state index is 0.0612. The van der Waals surface area contributed by atoms with E-state index in [0.717, 1.165) is 31.1 Å². The number of hydrogen-bond acceptors (Lipinski definition) is 4. The summed E-state index contributed by atoms with van der Waals surface area (Å²) in [7, 11) is 0. The minimum Gasteiger partial charge on any atom is -0.355 e. The molecule has 2 saturated heterocycles. The molecular formula is C21H33ClN4O. The molecule has 6 heteroatoms. The van der Waals surface area contributed by atoms with Gasteiger partial charge in [-0.15, -0.1) is 0 Å². The van der Waals surface area contributed by atoms with Crippen LogP contribution in [0.15, 0.2) is 24.3 Å². The summed E-state index contributed by atoms with van der Waals surface area (Å²) in [6, 6.07) is 8.84. The fourth-order valence-electron chi connectivity index (χ4n) is 4.34. The zero-order chi connectivity index (χ0) is 19.2. The summed E-state index contributed by atoms with van der Waals surface area (Å²) in [5.41, 5.74) is 1.20. The van der Waals surface area contributed by atoms with Crippen molar-refractivity contribution >= 4 is 17.5 Å². The zero-order valence-electron chi connectivity index (χ0n) is 16.6. The van der Waals surface area contributed by atoms with Crippen LogP contribution in [0, 0.1) is 0 Å². The van der Waals surface area contributed by atoms with Crippen LogP contribution in [-0.4, -0.2) is 66.6 Å². The smallest absolute Gasteiger partial charge is 0.237 e. The van der Waals surface area contributed by atoms with Gasteiger partial charge in [0.05, 0.1) is 6.04 Å². The number of nitrogens with zero attached hydrogens (tertiary/aromatic N) is 2. The Bertz CT molecular complexity index is 601. The van der Waals surface area contributed by atoms with Crippen LogP contribution < -0.4 is 10.6 Å². The highest BCUT2D eigenvalue weighted by molar-refractivity contribution is 6.30. The van der Waals surface area contributed by atoms with Gasteiger partial charge in [0.1, 0.15) is 0 Å². The highest BCUT2D eigenvalue weighted by Gasteiger charge is 2.37. The number of halogens is 1. The third-order valence-corrected chi connectivity index (χ3v) is 6.11. The second-order valence-electron chi connectivity index (χ2n) is 7.77. The Morgan fingerprint density at radius 3 is 2.48 bits per heavy atom. The summed E-state index contributed by atoms with van der Waals surface area (Å²) >= 11 is 6.01. The Labute approximate surface area is 168 Å². The van der Waals surface area contributed by atoms with Crippen molar-refractivity contribution in [1.82, 2.24) is 20.4 Å². The number of nitrogens with one attached hydrogen (secondary N) is 2. The van der Waals surface area contributed by atoms with E-state index in [1.165, 1.54) is 31.5 Å². The highest BCUT2D eigenvalue weighted by Crippen LogP contribution is 2.23. The number of amides is 1. The van der Waals surface area contributed by atoms with Gasteiger partial charge in [-0.05, 0) is 63.5 Å². The van der Waals surface area contributed by atoms with E-state index in [0.29, 0.717) is 18.6 Å². The second kappa shape index (κ2) is 9.87. The third kappa shape index (κ3) is 5.67. The number of benzene rings is 1. The molecule has 150 valence electrons. The number of rotatable bonds is 7. The van der Waals surface area contributed by atoms with Crippen molar-refractivity contribution in [2.75, 3.05) is 32.7 Å². The molecule has 2 N–H and O–H groups in total. The standard InChI is InChI=1S/C21H33ClN4O/c1-3-23-21(27)20-13-19(24-18-9-11-25(4-2)12-10-18)15-26(20)14-16-5-7-17(22)8-6-16/h5-8,18-20,24H,3-4,9-15H2,1-2H3,(H,23,27)/t19-,20-/m0/s1. The lowest BCUT2D eigenvalue weighted by Gasteiger charge is -2.33. The van der Waals surface area contributed by atoms with E-state index in [2.05, 4.69) is 39.5 Å². The number of piperidine rings is 1. The number of carbonyl (C=O) groups excluding carboxylic acids is 1. The van der Waals surface area contributed by atoms with Crippen molar-refractivity contribution in [3.05, 3.63) is 34.9 Å². The van der Waals surface area contributed by atoms with Gasteiger partial charge >= 0.3 is 0 Å². The molecule has 0 unspecified atom stereocenters. The van der Waals surface area contributed by atoms with Crippen molar-refractivity contribution < 1.29 is 4.79 Å². The van der Waals surface area contributed by atoms with Crippen LogP contribution in [0.3, 0.4) is 0 Å². The summed E-state index contributed by atoms with van der Waals surface area (Å²) in [5, 5.41) is 7.61. The average molecular weight is 393 g/mol. The molecule has 0 spiro atoms. The van der Waals surface area contributed by atoms with Crippen molar-refractivity contribution in [2.24, 2.45) is 0 Å². The van der Waals surface area contributed by atoms with Gasteiger partial charge < -0.3 is 15.5 Å². The maximum Gasteiger partial charge on any atom is 0.237 e. The molecule has 0 aliphatic carbocycles. The summed E-state index contributed by atoms with van der Waals surface area (Å²) in [6.45, 7) is 10.1. The van der Waals surface area contributed by atoms with Gasteiger partial charge in [0, 0.05) is 36.7 Å². The van der Waals surface area contributed by atoms with E-state index in [4.69, 9.17) is 11.6 Å². The molecule has 0 aromatic heterocycles. The molecule has 1 aromatic rings. The Morgan fingerprint density at radius 1 is 1.15 bits per heavy atom. The predicted molar refractivity (Wildman–Crippen MR) is 111 cm³/mol. The van der Waals surface area contributed by atoms with Gasteiger partial charge in [-0.25, -0.2) is 0 Å². The van der Waals surface area contributed by atoms with Crippen LogP contribution in [-0.2, 0) is 11.3 Å². The molecule has 0 radical (unpaired) electrons. The van der Waals surface area contributed by atoms with Crippen molar-refractivity contribution in [3.63, 3.8) is 0 Å². The first-order chi connectivity index (χ1) is 13.1. The molecule has 0 saturated carbocycles. The molecular weight excluding hydrogens is 360 g/mol. The van der Waals surface area contributed by atoms with E-state index < -0.39 is 0 Å². The summed E-state index contributed by atoms with van der Waals surface area (Å²) in [4.78, 5) is 17.4. The molecule has 27 heavy (non-hydrogen) atoms. The number of likely N-dealkylation sites (tertiary alicyclic amines) is 2. The van der Waals surface area contributed by atoms with E-state index >= 15 is 0 Å². The lowest BCUT2D eigenvalue weighted by molar-refractivity contribution is -0.125. The lowest BCUT2D eigenvalue weighted by atomic mass is 10.0. The number of likely N-dealkylation sites (N-methyl/N-ethyl adjacent to an activating group) is 1. The molecule has 2 aliphatic heterocycles. The monoisotopic (exact) mass is 392 g/mol. The van der Waals surface area contributed by atoms with Crippen LogP contribution in [0.5, 0.6) is 0 Å². The SMILES string of the molecule is CCNC(=O)[C@@H]1C[C@H](NC2CCN(CC)CC2)CN1Cc1ccc(Cl)cc1. The fourth-order valence-corrected chi connectivity index (χ4v) is 4.46. The molecule has 2 heterocycles. The van der Waals surface area contributed by atoms with Crippen molar-refractivity contribution in [2.45, 2.75) is 57.8 Å². The zero-order valence-corrected chi connectivity index (χ0v) is 17.3. The second-order valence-corrected chi connectivity index (χ2v) is 8.21. The molecule has 2 aliphatic rings. The Kier molecular flexibility index (Phi) is 7.53. The van der Waals surface area contributed by atoms with Crippen molar-refractivity contribution in [3.8, 4) is 0 Å². The fraction of sp³-hybridized carbons (Fsp3) is 0.667. The first-order valence-corrected chi connectivity index (χ1v) is 10.7. The quantitative estimate of drug-likeness (QED) is 0.748. The summed E-state index contributed by atoms with van der Waals surface area (Å²) in [5.74, 6) is 0.150. The number of carbonyl (C=O) groups is 1. The van der Waals surface area contributed by atoms with Crippen LogP contribution in [0.4, 0.5) is 0 Å². The maximum atomic E-state index is 12.6. The molecule has 1 aromatic carbocycles. The first kappa shape index (κ1) is 20.6. The molecule has 2 fully saturated rings. The van der Waals surface area contributed by atoms with E-state index in [1.807, 2.05) is 19.1 Å². The van der Waals surface area contributed by atoms with Gasteiger partial charge in [-0.3, -0.25) is 9.69 Å². The summed E-state index contributed by atoms with van der Waals surface area (Å²) in [6.07, 6.45) is 3.29. The minimum atomic E-state index is -0.0612. The molecule has 5 nitrogen and oxygen atoms in total. The number of hydrogen-bond donors (Lipinski definition) is 2. The molecule has 2 atom stereocenters. The van der Waals surface area contributed by atoms with Gasteiger partial charge in [0.25, 0.3) is 0 Å². The van der Waals surface area contributed by atoms with Crippen molar-refractivity contribution in [1.29, 1.82) is 0 Å². The topological polar surface area (TPSA) is 47.6 Å². The molecule has 1 amide bonds. The van der Waals surface area contributed by atoms with Crippen LogP contribution >= 0.6 is 11.6 Å². The van der Waals surface area contributed by atoms with Crippen LogP contribution in [0.25, 0.3) is 0 Å². The lowest BCUT2D eigenvalue weighted by Crippen LogP contribution is -2.46. The summed E-state index contributed by atoms with van der Waals surface area (Å²) < 4.78 is 0. The van der Waals surface area contributed by atoms with Gasteiger partial charge in [-0.2, -0.15) is 0 Å². The molecule has 3 rings (SSSR count). The normalized spacial score (nSPS) is 25.0. The first-order valence-electron chi connectivity index (χ1n) is 10.3.